The minimum absolute atomic E-state index is 0.294. The summed E-state index contributed by atoms with van der Waals surface area (Å²) in [6.07, 6.45) is -4.60. The van der Waals surface area contributed by atoms with Crippen LogP contribution >= 0.6 is 35.0 Å². The molecule has 0 amide bonds. The summed E-state index contributed by atoms with van der Waals surface area (Å²) in [6.45, 7) is 4.41. The summed E-state index contributed by atoms with van der Waals surface area (Å²) in [6, 6.07) is 4.84. The SMILES string of the molecule is CC(=O)OCC1O[C@H](Sc2ccc(Cl)c(Cl)c2)C(OC(C)=O)C(OC(C)=O)[C@H]1OC(C)=O. The Bertz CT molecular complexity index is 879. The van der Waals surface area contributed by atoms with Gasteiger partial charge in [0.05, 0.1) is 10.0 Å². The van der Waals surface area contributed by atoms with Crippen LogP contribution in [0.3, 0.4) is 0 Å². The zero-order valence-electron chi connectivity index (χ0n) is 17.7. The van der Waals surface area contributed by atoms with E-state index in [2.05, 4.69) is 0 Å². The van der Waals surface area contributed by atoms with E-state index in [4.69, 9.17) is 46.9 Å². The van der Waals surface area contributed by atoms with Crippen molar-refractivity contribution < 1.29 is 42.9 Å². The third-order valence-electron chi connectivity index (χ3n) is 4.09. The van der Waals surface area contributed by atoms with Gasteiger partial charge in [-0.15, -0.1) is 0 Å². The van der Waals surface area contributed by atoms with Gasteiger partial charge in [-0.1, -0.05) is 35.0 Å². The predicted octanol–water partition coefficient (Wildman–Crippen LogP) is 3.17. The Labute approximate surface area is 198 Å². The van der Waals surface area contributed by atoms with Gasteiger partial charge in [-0.3, -0.25) is 19.2 Å². The lowest BCUT2D eigenvalue weighted by Crippen LogP contribution is -2.61. The zero-order chi connectivity index (χ0) is 24.0. The molecule has 32 heavy (non-hydrogen) atoms. The lowest BCUT2D eigenvalue weighted by Gasteiger charge is -2.44. The Balaban J connectivity index is 2.46. The highest BCUT2D eigenvalue weighted by Crippen LogP contribution is 2.39. The lowest BCUT2D eigenvalue weighted by atomic mass is 9.99. The van der Waals surface area contributed by atoms with Crippen molar-refractivity contribution in [2.75, 3.05) is 6.61 Å². The van der Waals surface area contributed by atoms with Gasteiger partial charge in [-0.25, -0.2) is 0 Å². The Kier molecular flexibility index (Phi) is 9.63. The molecule has 1 aromatic carbocycles. The van der Waals surface area contributed by atoms with Crippen LogP contribution in [-0.2, 0) is 42.9 Å². The van der Waals surface area contributed by atoms with Gasteiger partial charge in [0.15, 0.2) is 18.3 Å². The second kappa shape index (κ2) is 11.7. The molecular formula is C20H22Cl2O9S. The minimum Gasteiger partial charge on any atom is -0.463 e. The monoisotopic (exact) mass is 508 g/mol. The fraction of sp³-hybridized carbons (Fsp3) is 0.500. The van der Waals surface area contributed by atoms with Gasteiger partial charge in [-0.2, -0.15) is 0 Å². The molecule has 1 heterocycles. The van der Waals surface area contributed by atoms with Crippen molar-refractivity contribution >= 4 is 58.8 Å². The molecular weight excluding hydrogens is 487 g/mol. The van der Waals surface area contributed by atoms with Crippen LogP contribution in [0.5, 0.6) is 0 Å². The van der Waals surface area contributed by atoms with Crippen LogP contribution in [0, 0.1) is 0 Å². The normalized spacial score (nSPS) is 24.9. The summed E-state index contributed by atoms with van der Waals surface area (Å²) in [7, 11) is 0. The van der Waals surface area contributed by atoms with Crippen molar-refractivity contribution in [1.82, 2.24) is 0 Å². The first-order valence-corrected chi connectivity index (χ1v) is 11.0. The Morgan fingerprint density at radius 1 is 0.844 bits per heavy atom. The van der Waals surface area contributed by atoms with Gasteiger partial charge < -0.3 is 23.7 Å². The van der Waals surface area contributed by atoms with Crippen LogP contribution in [-0.4, -0.2) is 60.3 Å². The smallest absolute Gasteiger partial charge is 0.303 e. The molecule has 5 atom stereocenters. The number of carbonyl (C=O) groups is 4. The third-order valence-corrected chi connectivity index (χ3v) is 5.97. The fourth-order valence-corrected chi connectivity index (χ4v) is 4.47. The fourth-order valence-electron chi connectivity index (χ4n) is 2.97. The molecule has 2 rings (SSSR count). The molecule has 1 aliphatic heterocycles. The molecule has 0 saturated carbocycles. The summed E-state index contributed by atoms with van der Waals surface area (Å²) in [4.78, 5) is 47.3. The van der Waals surface area contributed by atoms with Gasteiger partial charge in [0, 0.05) is 32.6 Å². The van der Waals surface area contributed by atoms with Gasteiger partial charge in [-0.05, 0) is 18.2 Å². The zero-order valence-corrected chi connectivity index (χ0v) is 20.0. The van der Waals surface area contributed by atoms with E-state index in [1.54, 1.807) is 18.2 Å². The predicted molar refractivity (Wildman–Crippen MR) is 114 cm³/mol. The maximum atomic E-state index is 11.8. The van der Waals surface area contributed by atoms with Gasteiger partial charge in [0.25, 0.3) is 0 Å². The van der Waals surface area contributed by atoms with E-state index < -0.39 is 53.7 Å². The number of benzene rings is 1. The molecule has 0 aromatic heterocycles. The number of esters is 4. The average Bonchev–Trinajstić information content (AvgIpc) is 2.66. The van der Waals surface area contributed by atoms with Gasteiger partial charge >= 0.3 is 23.9 Å². The van der Waals surface area contributed by atoms with Crippen LogP contribution < -0.4 is 0 Å². The second-order valence-corrected chi connectivity index (χ2v) is 8.75. The van der Waals surface area contributed by atoms with E-state index in [0.29, 0.717) is 14.9 Å². The van der Waals surface area contributed by atoms with E-state index in [-0.39, 0.29) is 6.61 Å². The number of ether oxygens (including phenoxy) is 5. The minimum atomic E-state index is -1.23. The molecule has 176 valence electrons. The summed E-state index contributed by atoms with van der Waals surface area (Å²) >= 11 is 13.2. The molecule has 9 nitrogen and oxygen atoms in total. The highest BCUT2D eigenvalue weighted by atomic mass is 35.5. The van der Waals surface area contributed by atoms with Crippen LogP contribution in [0.15, 0.2) is 23.1 Å². The van der Waals surface area contributed by atoms with Crippen molar-refractivity contribution in [2.24, 2.45) is 0 Å². The van der Waals surface area contributed by atoms with E-state index >= 15 is 0 Å². The number of thioether (sulfide) groups is 1. The second-order valence-electron chi connectivity index (χ2n) is 6.76. The van der Waals surface area contributed by atoms with E-state index in [1.807, 2.05) is 0 Å². The van der Waals surface area contributed by atoms with Crippen molar-refractivity contribution in [1.29, 1.82) is 0 Å². The summed E-state index contributed by atoms with van der Waals surface area (Å²) < 4.78 is 27.2. The topological polar surface area (TPSA) is 114 Å². The number of hydrogen-bond acceptors (Lipinski definition) is 10. The van der Waals surface area contributed by atoms with Gasteiger partial charge in [0.1, 0.15) is 18.1 Å². The Hall–Kier alpha value is -2.01. The lowest BCUT2D eigenvalue weighted by molar-refractivity contribution is -0.237. The molecule has 0 radical (unpaired) electrons. The molecule has 12 heteroatoms. The maximum Gasteiger partial charge on any atom is 0.303 e. The Morgan fingerprint density at radius 2 is 1.41 bits per heavy atom. The van der Waals surface area contributed by atoms with Crippen LogP contribution in [0.2, 0.25) is 10.0 Å². The van der Waals surface area contributed by atoms with Crippen molar-refractivity contribution in [3.8, 4) is 0 Å². The van der Waals surface area contributed by atoms with E-state index in [9.17, 15) is 19.2 Å². The van der Waals surface area contributed by atoms with Crippen LogP contribution in [0.4, 0.5) is 0 Å². The van der Waals surface area contributed by atoms with E-state index in [0.717, 1.165) is 25.6 Å². The largest absolute Gasteiger partial charge is 0.463 e. The average molecular weight is 509 g/mol. The molecule has 1 aromatic rings. The number of rotatable bonds is 7. The quantitative estimate of drug-likeness (QED) is 0.401. The molecule has 0 spiro atoms. The number of hydrogen-bond donors (Lipinski definition) is 0. The van der Waals surface area contributed by atoms with Crippen molar-refractivity contribution in [3.05, 3.63) is 28.2 Å². The first-order valence-electron chi connectivity index (χ1n) is 9.40. The number of halogens is 2. The molecule has 0 bridgehead atoms. The summed E-state index contributed by atoms with van der Waals surface area (Å²) in [5.74, 6) is -2.65. The third kappa shape index (κ3) is 7.54. The molecule has 1 saturated heterocycles. The summed E-state index contributed by atoms with van der Waals surface area (Å²) in [5.41, 5.74) is -0.937. The molecule has 0 N–H and O–H groups in total. The highest BCUT2D eigenvalue weighted by Gasteiger charge is 2.52. The maximum absolute atomic E-state index is 11.8. The Morgan fingerprint density at radius 3 is 1.94 bits per heavy atom. The van der Waals surface area contributed by atoms with Crippen molar-refractivity contribution in [3.63, 3.8) is 0 Å². The standard InChI is InChI=1S/C20H22Cl2O9S/c1-9(23)27-8-16-17(28-10(2)24)18(29-11(3)25)19(30-12(4)26)20(31-16)32-13-5-6-14(21)15(22)7-13/h5-7,16-20H,8H2,1-4H3/t16?,17-,18?,19?,20+/m0/s1. The molecule has 0 aliphatic carbocycles. The van der Waals surface area contributed by atoms with E-state index in [1.165, 1.54) is 13.8 Å². The van der Waals surface area contributed by atoms with Crippen LogP contribution in [0.1, 0.15) is 27.7 Å². The molecule has 1 aliphatic rings. The van der Waals surface area contributed by atoms with Gasteiger partial charge in [0.2, 0.25) is 0 Å². The molecule has 1 fully saturated rings. The van der Waals surface area contributed by atoms with Crippen LogP contribution in [0.25, 0.3) is 0 Å². The highest BCUT2D eigenvalue weighted by molar-refractivity contribution is 7.99. The first-order chi connectivity index (χ1) is 15.0. The number of carbonyl (C=O) groups excluding carboxylic acids is 4. The first kappa shape index (κ1) is 26.2. The van der Waals surface area contributed by atoms with Crippen molar-refractivity contribution in [2.45, 2.75) is 62.4 Å². The summed E-state index contributed by atoms with van der Waals surface area (Å²) in [5, 5.41) is 0.639. The molecule has 3 unspecified atom stereocenters.